The standard InChI is InChI=1S/C21H31ClN4O/c1-5-7-12-26(13-8-6-2)21(27)17-18(22)16-10-9-11-23-19(16)25-20(17)24-14-15(3)4/h9-11,15H,5-8,12-14H2,1-4H3,(H,23,24,25). The van der Waals surface area contributed by atoms with Crippen LogP contribution in [0.4, 0.5) is 5.82 Å². The van der Waals surface area contributed by atoms with Gasteiger partial charge in [0.15, 0.2) is 5.65 Å². The lowest BCUT2D eigenvalue weighted by Crippen LogP contribution is -2.34. The van der Waals surface area contributed by atoms with E-state index in [1.54, 1.807) is 6.20 Å². The molecule has 27 heavy (non-hydrogen) atoms. The summed E-state index contributed by atoms with van der Waals surface area (Å²) in [6.07, 6.45) is 5.73. The van der Waals surface area contributed by atoms with E-state index in [2.05, 4.69) is 43.0 Å². The summed E-state index contributed by atoms with van der Waals surface area (Å²) in [7, 11) is 0. The van der Waals surface area contributed by atoms with E-state index in [-0.39, 0.29) is 5.91 Å². The van der Waals surface area contributed by atoms with Crippen molar-refractivity contribution in [3.8, 4) is 0 Å². The second kappa shape index (κ2) is 10.5. The highest BCUT2D eigenvalue weighted by atomic mass is 35.5. The molecule has 0 saturated heterocycles. The van der Waals surface area contributed by atoms with Crippen LogP contribution in [0.1, 0.15) is 63.7 Å². The molecule has 2 aromatic heterocycles. The summed E-state index contributed by atoms with van der Waals surface area (Å²) >= 11 is 6.70. The maximum Gasteiger partial charge on any atom is 0.259 e. The molecule has 0 aromatic carbocycles. The Morgan fingerprint density at radius 2 is 1.89 bits per heavy atom. The number of amides is 1. The normalized spacial score (nSPS) is 11.2. The summed E-state index contributed by atoms with van der Waals surface area (Å²) in [6.45, 7) is 10.7. The van der Waals surface area contributed by atoms with Gasteiger partial charge >= 0.3 is 0 Å². The van der Waals surface area contributed by atoms with Gasteiger partial charge in [-0.05, 0) is 30.9 Å². The summed E-state index contributed by atoms with van der Waals surface area (Å²) in [5, 5.41) is 4.45. The van der Waals surface area contributed by atoms with E-state index >= 15 is 0 Å². The van der Waals surface area contributed by atoms with Gasteiger partial charge in [-0.1, -0.05) is 52.1 Å². The van der Waals surface area contributed by atoms with Crippen molar-refractivity contribution in [3.05, 3.63) is 28.9 Å². The molecule has 148 valence electrons. The third-order valence-corrected chi connectivity index (χ3v) is 4.83. The topological polar surface area (TPSA) is 58.1 Å². The summed E-state index contributed by atoms with van der Waals surface area (Å²) in [5.41, 5.74) is 1.02. The zero-order chi connectivity index (χ0) is 19.8. The smallest absolute Gasteiger partial charge is 0.259 e. The largest absolute Gasteiger partial charge is 0.369 e. The first-order valence-electron chi connectivity index (χ1n) is 9.96. The zero-order valence-electron chi connectivity index (χ0n) is 16.9. The lowest BCUT2D eigenvalue weighted by Gasteiger charge is -2.24. The van der Waals surface area contributed by atoms with Gasteiger partial charge in [-0.2, -0.15) is 0 Å². The SMILES string of the molecule is CCCCN(CCCC)C(=O)c1c(NCC(C)C)nc2ncccc2c1Cl. The average molecular weight is 391 g/mol. The predicted molar refractivity (Wildman–Crippen MR) is 114 cm³/mol. The molecular formula is C21H31ClN4O. The van der Waals surface area contributed by atoms with Gasteiger partial charge in [0, 0.05) is 31.2 Å². The first kappa shape index (κ1) is 21.4. The Hall–Kier alpha value is -1.88. The second-order valence-corrected chi connectivity index (χ2v) is 7.68. The number of carbonyl (C=O) groups is 1. The van der Waals surface area contributed by atoms with Crippen LogP contribution < -0.4 is 5.32 Å². The number of halogens is 1. The van der Waals surface area contributed by atoms with Gasteiger partial charge in [-0.15, -0.1) is 0 Å². The molecule has 0 bridgehead atoms. The molecule has 0 atom stereocenters. The van der Waals surface area contributed by atoms with E-state index in [4.69, 9.17) is 11.6 Å². The van der Waals surface area contributed by atoms with Crippen molar-refractivity contribution in [1.82, 2.24) is 14.9 Å². The minimum atomic E-state index is -0.0496. The molecule has 0 fully saturated rings. The van der Waals surface area contributed by atoms with Crippen molar-refractivity contribution in [1.29, 1.82) is 0 Å². The molecule has 0 aliphatic carbocycles. The number of anilines is 1. The summed E-state index contributed by atoms with van der Waals surface area (Å²) in [6, 6.07) is 3.68. The Balaban J connectivity index is 2.49. The minimum Gasteiger partial charge on any atom is -0.369 e. The Bertz CT molecular complexity index is 755. The van der Waals surface area contributed by atoms with Gasteiger partial charge in [0.05, 0.1) is 5.02 Å². The van der Waals surface area contributed by atoms with Crippen molar-refractivity contribution in [3.63, 3.8) is 0 Å². The maximum atomic E-state index is 13.4. The minimum absolute atomic E-state index is 0.0496. The van der Waals surface area contributed by atoms with Crippen LogP contribution >= 0.6 is 11.6 Å². The Morgan fingerprint density at radius 1 is 1.22 bits per heavy atom. The maximum absolute atomic E-state index is 13.4. The molecular weight excluding hydrogens is 360 g/mol. The van der Waals surface area contributed by atoms with Gasteiger partial charge in [0.1, 0.15) is 11.4 Å². The molecule has 2 heterocycles. The van der Waals surface area contributed by atoms with Gasteiger partial charge in [0.25, 0.3) is 5.91 Å². The van der Waals surface area contributed by atoms with Crippen LogP contribution in [0.2, 0.25) is 5.02 Å². The van der Waals surface area contributed by atoms with Crippen LogP contribution in [0.25, 0.3) is 11.0 Å². The molecule has 2 aromatic rings. The van der Waals surface area contributed by atoms with E-state index in [9.17, 15) is 4.79 Å². The molecule has 0 aliphatic heterocycles. The number of pyridine rings is 2. The number of aromatic nitrogens is 2. The van der Waals surface area contributed by atoms with Crippen LogP contribution in [-0.4, -0.2) is 40.4 Å². The highest BCUT2D eigenvalue weighted by Gasteiger charge is 2.25. The van der Waals surface area contributed by atoms with Crippen LogP contribution in [0, 0.1) is 5.92 Å². The van der Waals surface area contributed by atoms with E-state index in [1.807, 2.05) is 17.0 Å². The fourth-order valence-corrected chi connectivity index (χ4v) is 3.17. The van der Waals surface area contributed by atoms with Crippen molar-refractivity contribution in [2.24, 2.45) is 5.92 Å². The number of nitrogens with one attached hydrogen (secondary N) is 1. The summed E-state index contributed by atoms with van der Waals surface area (Å²) in [4.78, 5) is 24.3. The summed E-state index contributed by atoms with van der Waals surface area (Å²) in [5.74, 6) is 0.901. The third kappa shape index (κ3) is 5.55. The third-order valence-electron chi connectivity index (χ3n) is 4.44. The first-order chi connectivity index (χ1) is 13.0. The molecule has 0 saturated carbocycles. The molecule has 5 nitrogen and oxygen atoms in total. The average Bonchev–Trinajstić information content (AvgIpc) is 2.66. The van der Waals surface area contributed by atoms with Crippen LogP contribution in [0.15, 0.2) is 18.3 Å². The number of carbonyl (C=O) groups excluding carboxylic acids is 1. The van der Waals surface area contributed by atoms with Crippen LogP contribution in [-0.2, 0) is 0 Å². The molecule has 1 N–H and O–H groups in total. The van der Waals surface area contributed by atoms with Gasteiger partial charge in [-0.3, -0.25) is 4.79 Å². The molecule has 0 spiro atoms. The molecule has 0 unspecified atom stereocenters. The molecule has 6 heteroatoms. The fraction of sp³-hybridized carbons (Fsp3) is 0.571. The highest BCUT2D eigenvalue weighted by Crippen LogP contribution is 2.31. The number of unbranched alkanes of at least 4 members (excludes halogenated alkanes) is 2. The van der Waals surface area contributed by atoms with Crippen LogP contribution in [0.5, 0.6) is 0 Å². The highest BCUT2D eigenvalue weighted by molar-refractivity contribution is 6.39. The van der Waals surface area contributed by atoms with Crippen molar-refractivity contribution in [2.45, 2.75) is 53.4 Å². The first-order valence-corrected chi connectivity index (χ1v) is 10.3. The van der Waals surface area contributed by atoms with Crippen molar-refractivity contribution in [2.75, 3.05) is 25.0 Å². The second-order valence-electron chi connectivity index (χ2n) is 7.30. The number of hydrogen-bond donors (Lipinski definition) is 1. The van der Waals surface area contributed by atoms with E-state index in [0.29, 0.717) is 39.9 Å². The molecule has 1 amide bonds. The monoisotopic (exact) mass is 390 g/mol. The number of fused-ring (bicyclic) bond motifs is 1. The summed E-state index contributed by atoms with van der Waals surface area (Å²) < 4.78 is 0. The predicted octanol–water partition coefficient (Wildman–Crippen LogP) is 5.39. The molecule has 0 aliphatic rings. The van der Waals surface area contributed by atoms with Crippen molar-refractivity contribution >= 4 is 34.4 Å². The van der Waals surface area contributed by atoms with E-state index in [1.165, 1.54) is 0 Å². The number of nitrogens with zero attached hydrogens (tertiary/aromatic N) is 3. The Morgan fingerprint density at radius 3 is 2.48 bits per heavy atom. The zero-order valence-corrected chi connectivity index (χ0v) is 17.6. The van der Waals surface area contributed by atoms with Gasteiger partial charge in [-0.25, -0.2) is 9.97 Å². The van der Waals surface area contributed by atoms with E-state index < -0.39 is 0 Å². The van der Waals surface area contributed by atoms with Gasteiger partial charge in [0.2, 0.25) is 0 Å². The quantitative estimate of drug-likeness (QED) is 0.590. The van der Waals surface area contributed by atoms with Crippen molar-refractivity contribution < 1.29 is 4.79 Å². The molecule has 2 rings (SSSR count). The number of rotatable bonds is 10. The van der Waals surface area contributed by atoms with Crippen LogP contribution in [0.3, 0.4) is 0 Å². The Kier molecular flexibility index (Phi) is 8.29. The lowest BCUT2D eigenvalue weighted by molar-refractivity contribution is 0.0752. The Labute approximate surface area is 167 Å². The fourth-order valence-electron chi connectivity index (χ4n) is 2.85. The number of hydrogen-bond acceptors (Lipinski definition) is 4. The van der Waals surface area contributed by atoms with Gasteiger partial charge < -0.3 is 10.2 Å². The molecule has 0 radical (unpaired) electrons. The lowest BCUT2D eigenvalue weighted by atomic mass is 10.1. The van der Waals surface area contributed by atoms with E-state index in [0.717, 1.165) is 38.8 Å².